The molecule has 1 aromatic heterocycles. The molecule has 1 unspecified atom stereocenters. The minimum Gasteiger partial charge on any atom is -0.497 e. The van der Waals surface area contributed by atoms with Crippen LogP contribution in [0.25, 0.3) is 11.0 Å². The van der Waals surface area contributed by atoms with E-state index in [0.717, 1.165) is 61.4 Å². The number of β-amino-alcohol motifs (C(OH)–C–C–N with tert-alkyl or cyclic N) is 1. The van der Waals surface area contributed by atoms with Crippen LogP contribution in [0.15, 0.2) is 79.1 Å². The van der Waals surface area contributed by atoms with Gasteiger partial charge in [-0.05, 0) is 67.1 Å². The van der Waals surface area contributed by atoms with Crippen LogP contribution in [0.3, 0.4) is 0 Å². The zero-order valence-electron chi connectivity index (χ0n) is 20.9. The van der Waals surface area contributed by atoms with Crippen molar-refractivity contribution in [3.8, 4) is 11.5 Å². The first-order chi connectivity index (χ1) is 17.7. The van der Waals surface area contributed by atoms with Gasteiger partial charge in [0.05, 0.1) is 24.5 Å². The maximum atomic E-state index is 10.7. The predicted molar refractivity (Wildman–Crippen MR) is 143 cm³/mol. The Morgan fingerprint density at radius 3 is 2.64 bits per heavy atom. The summed E-state index contributed by atoms with van der Waals surface area (Å²) in [6.07, 6.45) is 5.33. The van der Waals surface area contributed by atoms with Crippen molar-refractivity contribution in [2.75, 3.05) is 33.4 Å². The molecule has 0 aliphatic carbocycles. The highest BCUT2D eigenvalue weighted by Crippen LogP contribution is 2.27. The lowest BCUT2D eigenvalue weighted by Crippen LogP contribution is -2.41. The molecule has 4 aromatic rings. The molecular formula is C30H35N3O3. The van der Waals surface area contributed by atoms with Gasteiger partial charge in [-0.15, -0.1) is 0 Å². The lowest BCUT2D eigenvalue weighted by molar-refractivity contribution is 0.0558. The summed E-state index contributed by atoms with van der Waals surface area (Å²) < 4.78 is 13.7. The number of nitrogens with zero attached hydrogens (tertiary/aromatic N) is 3. The van der Waals surface area contributed by atoms with Gasteiger partial charge in [-0.3, -0.25) is 0 Å². The molecule has 1 saturated heterocycles. The molecule has 1 aliphatic rings. The van der Waals surface area contributed by atoms with Crippen LogP contribution < -0.4 is 9.47 Å². The number of aliphatic hydroxyl groups is 1. The Bertz CT molecular complexity index is 1260. The molecule has 2 heterocycles. The van der Waals surface area contributed by atoms with Crippen molar-refractivity contribution in [1.82, 2.24) is 14.5 Å². The van der Waals surface area contributed by atoms with E-state index in [4.69, 9.17) is 9.47 Å². The Balaban J connectivity index is 1.10. The average Bonchev–Trinajstić information content (AvgIpc) is 3.36. The van der Waals surface area contributed by atoms with E-state index in [9.17, 15) is 5.11 Å². The highest BCUT2D eigenvalue weighted by Gasteiger charge is 2.23. The quantitative estimate of drug-likeness (QED) is 0.346. The van der Waals surface area contributed by atoms with E-state index < -0.39 is 6.10 Å². The molecule has 0 radical (unpaired) electrons. The number of fused-ring (bicyclic) bond motifs is 1. The van der Waals surface area contributed by atoms with Gasteiger partial charge in [0.15, 0.2) is 0 Å². The van der Waals surface area contributed by atoms with Gasteiger partial charge in [0.1, 0.15) is 24.2 Å². The zero-order chi connectivity index (χ0) is 24.7. The second kappa shape index (κ2) is 11.6. The summed E-state index contributed by atoms with van der Waals surface area (Å²) >= 11 is 0. The number of imidazole rings is 1. The summed E-state index contributed by atoms with van der Waals surface area (Å²) in [5.41, 5.74) is 4.64. The Hall–Kier alpha value is -3.35. The van der Waals surface area contributed by atoms with E-state index in [-0.39, 0.29) is 0 Å². The fourth-order valence-electron chi connectivity index (χ4n) is 5.14. The first kappa shape index (κ1) is 24.3. The van der Waals surface area contributed by atoms with Gasteiger partial charge in [0.25, 0.3) is 0 Å². The number of likely N-dealkylation sites (tertiary alicyclic amines) is 1. The highest BCUT2D eigenvalue weighted by atomic mass is 16.5. The normalized spacial score (nSPS) is 15.7. The number of hydrogen-bond acceptors (Lipinski definition) is 5. The van der Waals surface area contributed by atoms with E-state index in [0.29, 0.717) is 19.2 Å². The van der Waals surface area contributed by atoms with Crippen LogP contribution in [0.5, 0.6) is 11.5 Å². The standard InChI is InChI=1S/C30H35N3O3/c1-35-27-9-6-7-23(19-27)13-14-24-8-2-5-12-30(24)36-21-26(34)20-32-17-15-25(16-18-32)33-22-31-28-10-3-4-11-29(28)33/h2-12,19,22,25-26,34H,13-18,20-21H2,1H3. The molecule has 1 N–H and O–H groups in total. The number of para-hydroxylation sites is 3. The first-order valence-electron chi connectivity index (χ1n) is 12.9. The second-order valence-electron chi connectivity index (χ2n) is 9.60. The first-order valence-corrected chi connectivity index (χ1v) is 12.9. The summed E-state index contributed by atoms with van der Waals surface area (Å²) in [6.45, 7) is 2.85. The maximum absolute atomic E-state index is 10.7. The summed E-state index contributed by atoms with van der Waals surface area (Å²) in [6, 6.07) is 25.1. The van der Waals surface area contributed by atoms with Crippen LogP contribution in [0, 0.1) is 0 Å². The van der Waals surface area contributed by atoms with Gasteiger partial charge in [0.2, 0.25) is 0 Å². The van der Waals surface area contributed by atoms with Crippen molar-refractivity contribution >= 4 is 11.0 Å². The summed E-state index contributed by atoms with van der Waals surface area (Å²) in [4.78, 5) is 6.89. The monoisotopic (exact) mass is 485 g/mol. The molecule has 1 atom stereocenters. The van der Waals surface area contributed by atoms with Crippen LogP contribution >= 0.6 is 0 Å². The molecule has 0 saturated carbocycles. The average molecular weight is 486 g/mol. The van der Waals surface area contributed by atoms with Crippen molar-refractivity contribution < 1.29 is 14.6 Å². The third-order valence-electron chi connectivity index (χ3n) is 7.12. The molecule has 188 valence electrons. The van der Waals surface area contributed by atoms with Crippen LogP contribution in [-0.4, -0.2) is 59.0 Å². The molecular weight excluding hydrogens is 450 g/mol. The minimum absolute atomic E-state index is 0.294. The lowest BCUT2D eigenvalue weighted by Gasteiger charge is -2.33. The molecule has 0 bridgehead atoms. The lowest BCUT2D eigenvalue weighted by atomic mass is 10.0. The number of methoxy groups -OCH3 is 1. The largest absolute Gasteiger partial charge is 0.497 e. The molecule has 0 amide bonds. The van der Waals surface area contributed by atoms with Crippen LogP contribution in [0.2, 0.25) is 0 Å². The van der Waals surface area contributed by atoms with Gasteiger partial charge in [-0.1, -0.05) is 42.5 Å². The van der Waals surface area contributed by atoms with Gasteiger partial charge >= 0.3 is 0 Å². The highest BCUT2D eigenvalue weighted by molar-refractivity contribution is 5.75. The van der Waals surface area contributed by atoms with E-state index in [1.54, 1.807) is 7.11 Å². The Morgan fingerprint density at radius 2 is 1.78 bits per heavy atom. The number of hydrogen-bond donors (Lipinski definition) is 1. The van der Waals surface area contributed by atoms with Crippen LogP contribution in [0.1, 0.15) is 30.0 Å². The van der Waals surface area contributed by atoms with Crippen LogP contribution in [-0.2, 0) is 12.8 Å². The fourth-order valence-corrected chi connectivity index (χ4v) is 5.14. The molecule has 36 heavy (non-hydrogen) atoms. The molecule has 6 nitrogen and oxygen atoms in total. The van der Waals surface area contributed by atoms with E-state index in [1.165, 1.54) is 11.1 Å². The van der Waals surface area contributed by atoms with Crippen molar-refractivity contribution in [2.24, 2.45) is 0 Å². The molecule has 5 rings (SSSR count). The Labute approximate surface area is 213 Å². The number of aryl methyl sites for hydroxylation is 2. The number of rotatable bonds is 10. The number of benzene rings is 3. The van der Waals surface area contributed by atoms with Gasteiger partial charge in [-0.25, -0.2) is 4.98 Å². The summed E-state index contributed by atoms with van der Waals surface area (Å²) in [7, 11) is 1.69. The molecule has 6 heteroatoms. The molecule has 1 aliphatic heterocycles. The van der Waals surface area contributed by atoms with Gasteiger partial charge < -0.3 is 24.0 Å². The Kier molecular flexibility index (Phi) is 7.84. The van der Waals surface area contributed by atoms with E-state index in [1.807, 2.05) is 42.7 Å². The fraction of sp³-hybridized carbons (Fsp3) is 0.367. The predicted octanol–water partition coefficient (Wildman–Crippen LogP) is 4.91. The number of piperidine rings is 1. The number of aromatic nitrogens is 2. The third kappa shape index (κ3) is 5.89. The van der Waals surface area contributed by atoms with Crippen molar-refractivity contribution in [3.63, 3.8) is 0 Å². The van der Waals surface area contributed by atoms with Crippen molar-refractivity contribution in [3.05, 3.63) is 90.3 Å². The smallest absolute Gasteiger partial charge is 0.122 e. The SMILES string of the molecule is COc1cccc(CCc2ccccc2OCC(O)CN2CCC(n3cnc4ccccc43)CC2)c1. The number of aliphatic hydroxyl groups excluding tert-OH is 1. The summed E-state index contributed by atoms with van der Waals surface area (Å²) in [5.74, 6) is 1.73. The molecule has 1 fully saturated rings. The van der Waals surface area contributed by atoms with Crippen LogP contribution in [0.4, 0.5) is 0 Å². The van der Waals surface area contributed by atoms with E-state index in [2.05, 4.69) is 50.8 Å². The van der Waals surface area contributed by atoms with Crippen molar-refractivity contribution in [2.45, 2.75) is 37.8 Å². The van der Waals surface area contributed by atoms with Crippen molar-refractivity contribution in [1.29, 1.82) is 0 Å². The zero-order valence-corrected chi connectivity index (χ0v) is 20.9. The van der Waals surface area contributed by atoms with Gasteiger partial charge in [-0.2, -0.15) is 0 Å². The van der Waals surface area contributed by atoms with Gasteiger partial charge in [0, 0.05) is 25.7 Å². The number of ether oxygens (including phenoxy) is 2. The second-order valence-corrected chi connectivity index (χ2v) is 9.60. The Morgan fingerprint density at radius 1 is 0.972 bits per heavy atom. The molecule has 3 aromatic carbocycles. The maximum Gasteiger partial charge on any atom is 0.122 e. The summed E-state index contributed by atoms with van der Waals surface area (Å²) in [5, 5.41) is 10.7. The molecule has 0 spiro atoms. The third-order valence-corrected chi connectivity index (χ3v) is 7.12. The topological polar surface area (TPSA) is 59.8 Å². The minimum atomic E-state index is -0.526. The van der Waals surface area contributed by atoms with E-state index >= 15 is 0 Å².